The van der Waals surface area contributed by atoms with Crippen LogP contribution >= 0.6 is 27.5 Å². The third-order valence-corrected chi connectivity index (χ3v) is 4.76. The first-order valence-corrected chi connectivity index (χ1v) is 7.63. The van der Waals surface area contributed by atoms with Gasteiger partial charge in [0.05, 0.1) is 5.02 Å². The van der Waals surface area contributed by atoms with E-state index < -0.39 is 0 Å². The highest BCUT2D eigenvalue weighted by atomic mass is 79.9. The molecule has 1 fully saturated rings. The lowest BCUT2D eigenvalue weighted by Gasteiger charge is -2.06. The first kappa shape index (κ1) is 13.7. The third kappa shape index (κ3) is 2.89. The predicted molar refractivity (Wildman–Crippen MR) is 85.1 cm³/mol. The van der Waals surface area contributed by atoms with Gasteiger partial charge in [-0.15, -0.1) is 0 Å². The number of hydrogen-bond acceptors (Lipinski definition) is 1. The molecule has 2 aromatic carbocycles. The zero-order valence-corrected chi connectivity index (χ0v) is 13.0. The molecule has 2 unspecified atom stereocenters. The molecule has 1 saturated carbocycles. The van der Waals surface area contributed by atoms with E-state index in [0.29, 0.717) is 10.9 Å². The number of carbonyl (C=O) groups excluding carboxylic acids is 1. The van der Waals surface area contributed by atoms with Crippen LogP contribution in [-0.4, -0.2) is 5.91 Å². The molecule has 0 heterocycles. The van der Waals surface area contributed by atoms with Crippen LogP contribution in [0.1, 0.15) is 17.9 Å². The number of anilines is 1. The first-order chi connectivity index (χ1) is 9.65. The zero-order valence-electron chi connectivity index (χ0n) is 10.6. The Balaban J connectivity index is 1.65. The SMILES string of the molecule is O=C(Nc1ccc(Cl)c(Br)c1)C1CC1c1ccccc1. The molecule has 3 rings (SSSR count). The van der Waals surface area contributed by atoms with Crippen LogP contribution in [0.5, 0.6) is 0 Å². The molecule has 0 bridgehead atoms. The van der Waals surface area contributed by atoms with E-state index in [0.717, 1.165) is 16.6 Å². The maximum atomic E-state index is 12.2. The Kier molecular flexibility index (Phi) is 3.81. The van der Waals surface area contributed by atoms with Gasteiger partial charge in [-0.1, -0.05) is 41.9 Å². The molecule has 4 heteroatoms. The van der Waals surface area contributed by atoms with Gasteiger partial charge >= 0.3 is 0 Å². The van der Waals surface area contributed by atoms with Crippen molar-refractivity contribution in [3.8, 4) is 0 Å². The van der Waals surface area contributed by atoms with Crippen LogP contribution in [0.15, 0.2) is 53.0 Å². The normalized spacial score (nSPS) is 20.5. The molecule has 20 heavy (non-hydrogen) atoms. The van der Waals surface area contributed by atoms with Crippen LogP contribution in [0.2, 0.25) is 5.02 Å². The molecule has 1 aliphatic rings. The molecule has 1 amide bonds. The average molecular weight is 351 g/mol. The molecular formula is C16H13BrClNO. The van der Waals surface area contributed by atoms with Gasteiger partial charge in [0.1, 0.15) is 0 Å². The summed E-state index contributed by atoms with van der Waals surface area (Å²) in [5, 5.41) is 3.58. The summed E-state index contributed by atoms with van der Waals surface area (Å²) in [4.78, 5) is 12.2. The van der Waals surface area contributed by atoms with Crippen molar-refractivity contribution < 1.29 is 4.79 Å². The lowest BCUT2D eigenvalue weighted by molar-refractivity contribution is -0.117. The van der Waals surface area contributed by atoms with Crippen molar-refractivity contribution in [3.63, 3.8) is 0 Å². The number of nitrogens with one attached hydrogen (secondary N) is 1. The minimum Gasteiger partial charge on any atom is -0.326 e. The smallest absolute Gasteiger partial charge is 0.228 e. The monoisotopic (exact) mass is 349 g/mol. The second-order valence-corrected chi connectivity index (χ2v) is 6.24. The van der Waals surface area contributed by atoms with Gasteiger partial charge in [0.15, 0.2) is 0 Å². The van der Waals surface area contributed by atoms with Gasteiger partial charge in [-0.3, -0.25) is 4.79 Å². The van der Waals surface area contributed by atoms with E-state index in [1.165, 1.54) is 5.56 Å². The van der Waals surface area contributed by atoms with Crippen LogP contribution in [0.25, 0.3) is 0 Å². The second-order valence-electron chi connectivity index (χ2n) is 4.98. The predicted octanol–water partition coefficient (Wildman–Crippen LogP) is 4.84. The fourth-order valence-corrected chi connectivity index (χ4v) is 2.86. The van der Waals surface area contributed by atoms with E-state index in [4.69, 9.17) is 11.6 Å². The van der Waals surface area contributed by atoms with E-state index in [-0.39, 0.29) is 11.8 Å². The largest absolute Gasteiger partial charge is 0.326 e. The average Bonchev–Trinajstić information content (AvgIpc) is 3.24. The Labute approximate surface area is 131 Å². The second kappa shape index (κ2) is 5.58. The lowest BCUT2D eigenvalue weighted by atomic mass is 10.1. The number of benzene rings is 2. The molecule has 2 aromatic rings. The molecule has 2 atom stereocenters. The van der Waals surface area contributed by atoms with Gasteiger partial charge in [0.2, 0.25) is 5.91 Å². The molecule has 0 spiro atoms. The standard InChI is InChI=1S/C16H13BrClNO/c17-14-8-11(6-7-15(14)18)19-16(20)13-9-12(13)10-4-2-1-3-5-10/h1-8,12-13H,9H2,(H,19,20). The molecule has 1 N–H and O–H groups in total. The molecule has 2 nitrogen and oxygen atoms in total. The van der Waals surface area contributed by atoms with Crippen LogP contribution in [0.4, 0.5) is 5.69 Å². The van der Waals surface area contributed by atoms with E-state index >= 15 is 0 Å². The summed E-state index contributed by atoms with van der Waals surface area (Å²) >= 11 is 9.29. The number of carbonyl (C=O) groups is 1. The highest BCUT2D eigenvalue weighted by Gasteiger charge is 2.43. The lowest BCUT2D eigenvalue weighted by Crippen LogP contribution is -2.14. The van der Waals surface area contributed by atoms with Crippen molar-refractivity contribution in [3.05, 3.63) is 63.6 Å². The first-order valence-electron chi connectivity index (χ1n) is 6.46. The highest BCUT2D eigenvalue weighted by Crippen LogP contribution is 2.47. The minimum atomic E-state index is 0.0758. The fourth-order valence-electron chi connectivity index (χ4n) is 2.36. The highest BCUT2D eigenvalue weighted by molar-refractivity contribution is 9.10. The topological polar surface area (TPSA) is 29.1 Å². The van der Waals surface area contributed by atoms with Crippen LogP contribution in [0.3, 0.4) is 0 Å². The van der Waals surface area contributed by atoms with Gasteiger partial charge in [0.25, 0.3) is 0 Å². The van der Waals surface area contributed by atoms with E-state index in [1.54, 1.807) is 6.07 Å². The maximum Gasteiger partial charge on any atom is 0.228 e. The number of halogens is 2. The summed E-state index contributed by atoms with van der Waals surface area (Å²) in [5.41, 5.74) is 2.01. The summed E-state index contributed by atoms with van der Waals surface area (Å²) in [6.07, 6.45) is 0.921. The summed E-state index contributed by atoms with van der Waals surface area (Å²) in [6.45, 7) is 0. The van der Waals surface area contributed by atoms with Gasteiger partial charge in [-0.25, -0.2) is 0 Å². The maximum absolute atomic E-state index is 12.2. The summed E-state index contributed by atoms with van der Waals surface area (Å²) in [5.74, 6) is 0.506. The molecule has 0 radical (unpaired) electrons. The fraction of sp³-hybridized carbons (Fsp3) is 0.188. The minimum absolute atomic E-state index is 0.0758. The van der Waals surface area contributed by atoms with Crippen molar-refractivity contribution in [1.29, 1.82) is 0 Å². The van der Waals surface area contributed by atoms with Crippen molar-refractivity contribution >= 4 is 39.1 Å². The Bertz CT molecular complexity index is 644. The summed E-state index contributed by atoms with van der Waals surface area (Å²) < 4.78 is 0.785. The molecule has 0 aromatic heterocycles. The molecule has 0 aliphatic heterocycles. The number of hydrogen-bond donors (Lipinski definition) is 1. The van der Waals surface area contributed by atoms with Gasteiger partial charge in [-0.05, 0) is 52.0 Å². The van der Waals surface area contributed by atoms with Crippen molar-refractivity contribution in [2.45, 2.75) is 12.3 Å². The Morgan fingerprint density at radius 2 is 1.95 bits per heavy atom. The van der Waals surface area contributed by atoms with Gasteiger partial charge in [0, 0.05) is 16.1 Å². The molecular weight excluding hydrogens is 338 g/mol. The van der Waals surface area contributed by atoms with Gasteiger partial charge in [-0.2, -0.15) is 0 Å². The Morgan fingerprint density at radius 3 is 2.65 bits per heavy atom. The molecule has 0 saturated heterocycles. The van der Waals surface area contributed by atoms with Crippen LogP contribution in [-0.2, 0) is 4.79 Å². The number of rotatable bonds is 3. The van der Waals surface area contributed by atoms with E-state index in [9.17, 15) is 4.79 Å². The summed E-state index contributed by atoms with van der Waals surface area (Å²) in [6, 6.07) is 15.6. The van der Waals surface area contributed by atoms with E-state index in [2.05, 4.69) is 33.4 Å². The summed E-state index contributed by atoms with van der Waals surface area (Å²) in [7, 11) is 0. The molecule has 1 aliphatic carbocycles. The number of amides is 1. The van der Waals surface area contributed by atoms with Crippen LogP contribution < -0.4 is 5.32 Å². The Hall–Kier alpha value is -1.32. The quantitative estimate of drug-likeness (QED) is 0.843. The molecule has 102 valence electrons. The third-order valence-electron chi connectivity index (χ3n) is 3.54. The van der Waals surface area contributed by atoms with Crippen molar-refractivity contribution in [2.24, 2.45) is 5.92 Å². The van der Waals surface area contributed by atoms with Crippen molar-refractivity contribution in [1.82, 2.24) is 0 Å². The zero-order chi connectivity index (χ0) is 14.1. The van der Waals surface area contributed by atoms with Crippen molar-refractivity contribution in [2.75, 3.05) is 5.32 Å². The van der Waals surface area contributed by atoms with Gasteiger partial charge < -0.3 is 5.32 Å². The van der Waals surface area contributed by atoms with Crippen LogP contribution in [0, 0.1) is 5.92 Å². The Morgan fingerprint density at radius 1 is 1.20 bits per heavy atom. The van der Waals surface area contributed by atoms with E-state index in [1.807, 2.05) is 30.3 Å².